The van der Waals surface area contributed by atoms with Crippen LogP contribution < -0.4 is 10.6 Å². The van der Waals surface area contributed by atoms with E-state index < -0.39 is 22.8 Å². The highest BCUT2D eigenvalue weighted by molar-refractivity contribution is 7.99. The van der Waals surface area contributed by atoms with Gasteiger partial charge in [-0.15, -0.1) is 0 Å². The van der Waals surface area contributed by atoms with Crippen LogP contribution >= 0.6 is 23.4 Å². The van der Waals surface area contributed by atoms with Gasteiger partial charge in [-0.1, -0.05) is 23.4 Å². The Morgan fingerprint density at radius 2 is 1.59 bits per heavy atom. The summed E-state index contributed by atoms with van der Waals surface area (Å²) in [6, 6.07) is 12.7. The minimum Gasteiger partial charge on any atom is -0.336 e. The number of alkyl halides is 3. The van der Waals surface area contributed by atoms with Crippen molar-refractivity contribution in [2.24, 2.45) is 0 Å². The first kappa shape index (κ1) is 26.8. The van der Waals surface area contributed by atoms with Crippen LogP contribution in [-0.4, -0.2) is 59.9 Å². The number of piperazine rings is 1. The number of rotatable bonds is 5. The van der Waals surface area contributed by atoms with Crippen LogP contribution in [0.15, 0.2) is 70.7 Å². The molecule has 12 heteroatoms. The summed E-state index contributed by atoms with van der Waals surface area (Å²) >= 11 is 6.97. The molecule has 1 aromatic heterocycles. The largest absolute Gasteiger partial charge is 0.417 e. The van der Waals surface area contributed by atoms with E-state index in [4.69, 9.17) is 11.6 Å². The molecule has 3 aromatic rings. The Bertz CT molecular complexity index is 1280. The smallest absolute Gasteiger partial charge is 0.336 e. The second kappa shape index (κ2) is 11.4. The molecule has 0 unspecified atom stereocenters. The van der Waals surface area contributed by atoms with Gasteiger partial charge in [-0.05, 0) is 61.6 Å². The van der Waals surface area contributed by atoms with E-state index in [1.807, 2.05) is 11.9 Å². The van der Waals surface area contributed by atoms with Crippen molar-refractivity contribution < 1.29 is 22.8 Å². The van der Waals surface area contributed by atoms with E-state index in [1.54, 1.807) is 42.6 Å². The molecule has 0 radical (unpaired) electrons. The average Bonchev–Trinajstić information content (AvgIpc) is 2.86. The molecule has 1 aliphatic heterocycles. The molecule has 4 rings (SSSR count). The average molecular weight is 550 g/mol. The van der Waals surface area contributed by atoms with Crippen molar-refractivity contribution in [3.05, 3.63) is 76.9 Å². The maximum atomic E-state index is 13.0. The summed E-state index contributed by atoms with van der Waals surface area (Å²) in [5, 5.41) is 5.15. The van der Waals surface area contributed by atoms with Crippen LogP contribution in [0.5, 0.6) is 0 Å². The zero-order valence-electron chi connectivity index (χ0n) is 19.7. The van der Waals surface area contributed by atoms with Crippen molar-refractivity contribution >= 4 is 46.7 Å². The molecular formula is C25H23ClF3N5O2S. The molecule has 2 N–H and O–H groups in total. The van der Waals surface area contributed by atoms with Gasteiger partial charge in [-0.2, -0.15) is 13.2 Å². The maximum absolute atomic E-state index is 13.0. The van der Waals surface area contributed by atoms with Crippen LogP contribution in [0.2, 0.25) is 5.02 Å². The zero-order chi connectivity index (χ0) is 26.6. The lowest BCUT2D eigenvalue weighted by Gasteiger charge is -2.32. The van der Waals surface area contributed by atoms with E-state index in [1.165, 1.54) is 17.8 Å². The third-order valence-corrected chi connectivity index (χ3v) is 6.91. The Balaban J connectivity index is 1.35. The van der Waals surface area contributed by atoms with Crippen LogP contribution in [0, 0.1) is 0 Å². The van der Waals surface area contributed by atoms with Gasteiger partial charge in [-0.3, -0.25) is 4.79 Å². The van der Waals surface area contributed by atoms with Gasteiger partial charge in [0.05, 0.1) is 10.6 Å². The third-order valence-electron chi connectivity index (χ3n) is 5.64. The van der Waals surface area contributed by atoms with Gasteiger partial charge in [-0.25, -0.2) is 9.78 Å². The lowest BCUT2D eigenvalue weighted by Crippen LogP contribution is -2.47. The fourth-order valence-electron chi connectivity index (χ4n) is 3.63. The number of hydrogen-bond acceptors (Lipinski definition) is 5. The Morgan fingerprint density at radius 3 is 2.27 bits per heavy atom. The summed E-state index contributed by atoms with van der Waals surface area (Å²) in [6.45, 7) is 3.05. The monoisotopic (exact) mass is 549 g/mol. The maximum Gasteiger partial charge on any atom is 0.417 e. The summed E-state index contributed by atoms with van der Waals surface area (Å²) in [7, 11) is 2.03. The molecule has 2 heterocycles. The van der Waals surface area contributed by atoms with Gasteiger partial charge in [0.2, 0.25) is 0 Å². The number of halogens is 4. The number of benzene rings is 2. The summed E-state index contributed by atoms with van der Waals surface area (Å²) in [5.74, 6) is -0.0223. The molecule has 1 fully saturated rings. The van der Waals surface area contributed by atoms with Crippen molar-refractivity contribution in [1.82, 2.24) is 14.8 Å². The predicted molar refractivity (Wildman–Crippen MR) is 137 cm³/mol. The van der Waals surface area contributed by atoms with E-state index in [9.17, 15) is 22.8 Å². The van der Waals surface area contributed by atoms with E-state index in [0.717, 1.165) is 30.1 Å². The number of pyridine rings is 1. The number of aromatic nitrogens is 1. The van der Waals surface area contributed by atoms with Crippen LogP contribution in [0.1, 0.15) is 15.9 Å². The Morgan fingerprint density at radius 1 is 0.946 bits per heavy atom. The van der Waals surface area contributed by atoms with E-state index in [-0.39, 0.29) is 11.6 Å². The lowest BCUT2D eigenvalue weighted by atomic mass is 10.2. The first-order chi connectivity index (χ1) is 17.6. The topological polar surface area (TPSA) is 77.6 Å². The van der Waals surface area contributed by atoms with Crippen molar-refractivity contribution in [2.75, 3.05) is 43.9 Å². The normalized spacial score (nSPS) is 14.4. The second-order valence-corrected chi connectivity index (χ2v) is 9.88. The van der Waals surface area contributed by atoms with Gasteiger partial charge < -0.3 is 20.4 Å². The van der Waals surface area contributed by atoms with Crippen LogP contribution in [0.25, 0.3) is 0 Å². The Kier molecular flexibility index (Phi) is 8.25. The Labute approximate surface area is 221 Å². The molecule has 2 aromatic carbocycles. The van der Waals surface area contributed by atoms with Crippen molar-refractivity contribution in [1.29, 1.82) is 0 Å². The number of likely N-dealkylation sites (N-methyl/N-ethyl adjacent to an activating group) is 1. The van der Waals surface area contributed by atoms with Crippen LogP contribution in [-0.2, 0) is 6.18 Å². The molecule has 37 heavy (non-hydrogen) atoms. The molecule has 1 aliphatic rings. The SMILES string of the molecule is CN1CCN(C(=O)c2ccnc(Sc3ccc(NC(=O)Nc4ccc(Cl)c(C(F)(F)F)c4)cc3)c2)CC1. The molecule has 1 saturated heterocycles. The number of nitrogens with zero attached hydrogens (tertiary/aromatic N) is 3. The highest BCUT2D eigenvalue weighted by Gasteiger charge is 2.33. The molecule has 0 atom stereocenters. The van der Waals surface area contributed by atoms with Crippen LogP contribution in [0.3, 0.4) is 0 Å². The third kappa shape index (κ3) is 7.15. The number of urea groups is 1. The first-order valence-corrected chi connectivity index (χ1v) is 12.4. The van der Waals surface area contributed by atoms with Crippen molar-refractivity contribution in [2.45, 2.75) is 16.1 Å². The lowest BCUT2D eigenvalue weighted by molar-refractivity contribution is -0.137. The summed E-state index contributed by atoms with van der Waals surface area (Å²) in [4.78, 5) is 34.3. The summed E-state index contributed by atoms with van der Waals surface area (Å²) < 4.78 is 39.1. The minimum atomic E-state index is -4.63. The highest BCUT2D eigenvalue weighted by atomic mass is 35.5. The summed E-state index contributed by atoms with van der Waals surface area (Å²) in [6.07, 6.45) is -3.03. The quantitative estimate of drug-likeness (QED) is 0.412. The molecule has 7 nitrogen and oxygen atoms in total. The molecule has 0 spiro atoms. The fraction of sp³-hybridized carbons (Fsp3) is 0.240. The molecule has 0 saturated carbocycles. The molecular weight excluding hydrogens is 527 g/mol. The fourth-order valence-corrected chi connectivity index (χ4v) is 4.67. The molecule has 194 valence electrons. The molecule has 3 amide bonds. The van der Waals surface area contributed by atoms with E-state index >= 15 is 0 Å². The van der Waals surface area contributed by atoms with Crippen molar-refractivity contribution in [3.63, 3.8) is 0 Å². The van der Waals surface area contributed by atoms with Gasteiger partial charge in [0, 0.05) is 54.2 Å². The van der Waals surface area contributed by atoms with Crippen molar-refractivity contribution in [3.8, 4) is 0 Å². The number of nitrogens with one attached hydrogen (secondary N) is 2. The van der Waals surface area contributed by atoms with Gasteiger partial charge >= 0.3 is 12.2 Å². The van der Waals surface area contributed by atoms with Crippen LogP contribution in [0.4, 0.5) is 29.3 Å². The van der Waals surface area contributed by atoms with Gasteiger partial charge in [0.25, 0.3) is 5.91 Å². The second-order valence-electron chi connectivity index (χ2n) is 8.38. The predicted octanol–water partition coefficient (Wildman–Crippen LogP) is 5.94. The van der Waals surface area contributed by atoms with E-state index in [2.05, 4.69) is 20.5 Å². The van der Waals surface area contributed by atoms with Gasteiger partial charge in [0.1, 0.15) is 5.03 Å². The zero-order valence-corrected chi connectivity index (χ0v) is 21.3. The number of carbonyl (C=O) groups excluding carboxylic acids is 2. The Hall–Kier alpha value is -3.28. The van der Waals surface area contributed by atoms with E-state index in [0.29, 0.717) is 29.4 Å². The highest BCUT2D eigenvalue weighted by Crippen LogP contribution is 2.36. The molecule has 0 aliphatic carbocycles. The van der Waals surface area contributed by atoms with Gasteiger partial charge in [0.15, 0.2) is 0 Å². The number of amides is 3. The standard InChI is InChI=1S/C25H23ClF3N5O2S/c1-33-10-12-34(13-11-33)23(35)16-8-9-30-22(14-16)37-19-5-2-17(3-6-19)31-24(36)32-18-4-7-21(26)20(15-18)25(27,28)29/h2-9,14-15H,10-13H2,1H3,(H2,31,32,36). The first-order valence-electron chi connectivity index (χ1n) is 11.2. The number of hydrogen-bond donors (Lipinski definition) is 2. The minimum absolute atomic E-state index is 0.0223. The summed E-state index contributed by atoms with van der Waals surface area (Å²) in [5.41, 5.74) is -0.0542. The number of anilines is 2. The number of carbonyl (C=O) groups is 2. The molecule has 0 bridgehead atoms.